The van der Waals surface area contributed by atoms with Crippen molar-refractivity contribution >= 4 is 0 Å². The van der Waals surface area contributed by atoms with Crippen molar-refractivity contribution in [1.82, 2.24) is 0 Å². The SMILES string of the molecule is O=[N+]([O-])[C@@H]1[C@H](c2ccccc2)CC(O)OC12CCCCC2. The first-order valence-electron chi connectivity index (χ1n) is 7.67. The Morgan fingerprint density at radius 2 is 1.86 bits per heavy atom. The summed E-state index contributed by atoms with van der Waals surface area (Å²) >= 11 is 0. The highest BCUT2D eigenvalue weighted by atomic mass is 16.7. The molecule has 3 atom stereocenters. The van der Waals surface area contributed by atoms with Crippen LogP contribution in [0.25, 0.3) is 0 Å². The minimum atomic E-state index is -0.912. The fourth-order valence-electron chi connectivity index (χ4n) is 4.02. The van der Waals surface area contributed by atoms with E-state index in [1.807, 2.05) is 30.3 Å². The van der Waals surface area contributed by atoms with Crippen LogP contribution in [-0.2, 0) is 4.74 Å². The summed E-state index contributed by atoms with van der Waals surface area (Å²) in [5.74, 6) is -0.289. The monoisotopic (exact) mass is 291 g/mol. The molecule has 1 heterocycles. The Labute approximate surface area is 124 Å². The number of aliphatic hydroxyl groups is 1. The van der Waals surface area contributed by atoms with Crippen LogP contribution in [0.4, 0.5) is 0 Å². The number of hydrogen-bond acceptors (Lipinski definition) is 4. The molecular formula is C16H21NO4. The quantitative estimate of drug-likeness (QED) is 0.671. The Morgan fingerprint density at radius 3 is 2.48 bits per heavy atom. The highest BCUT2D eigenvalue weighted by molar-refractivity contribution is 5.23. The lowest BCUT2D eigenvalue weighted by molar-refractivity contribution is -0.565. The molecule has 5 nitrogen and oxygen atoms in total. The van der Waals surface area contributed by atoms with E-state index in [0.29, 0.717) is 12.8 Å². The number of ether oxygens (including phenoxy) is 1. The van der Waals surface area contributed by atoms with Crippen LogP contribution >= 0.6 is 0 Å². The summed E-state index contributed by atoms with van der Waals surface area (Å²) < 4.78 is 5.75. The van der Waals surface area contributed by atoms with Gasteiger partial charge in [0.15, 0.2) is 6.29 Å². The van der Waals surface area contributed by atoms with Crippen LogP contribution in [-0.4, -0.2) is 28.0 Å². The van der Waals surface area contributed by atoms with Gasteiger partial charge in [0, 0.05) is 11.3 Å². The molecule has 0 radical (unpaired) electrons. The van der Waals surface area contributed by atoms with Gasteiger partial charge in [0.2, 0.25) is 6.04 Å². The van der Waals surface area contributed by atoms with Gasteiger partial charge in [-0.15, -0.1) is 0 Å². The zero-order chi connectivity index (χ0) is 14.9. The minimum absolute atomic E-state index is 0.186. The van der Waals surface area contributed by atoms with Gasteiger partial charge in [0.1, 0.15) is 5.60 Å². The van der Waals surface area contributed by atoms with Gasteiger partial charge >= 0.3 is 0 Å². The third-order valence-corrected chi connectivity index (χ3v) is 4.90. The summed E-state index contributed by atoms with van der Waals surface area (Å²) in [6.45, 7) is 0. The van der Waals surface area contributed by atoms with Crippen LogP contribution in [0.3, 0.4) is 0 Å². The van der Waals surface area contributed by atoms with Crippen molar-refractivity contribution in [3.05, 3.63) is 46.0 Å². The standard InChI is InChI=1S/C16H21NO4/c18-14-11-13(12-7-3-1-4-8-12)15(17(19)20)16(21-14)9-5-2-6-10-16/h1,3-4,7-8,13-15,18H,2,5-6,9-11H2/t13-,14?,15+/m0/s1. The van der Waals surface area contributed by atoms with Crippen LogP contribution < -0.4 is 0 Å². The van der Waals surface area contributed by atoms with E-state index in [0.717, 1.165) is 24.8 Å². The van der Waals surface area contributed by atoms with Gasteiger partial charge in [-0.25, -0.2) is 0 Å². The molecular weight excluding hydrogens is 270 g/mol. The van der Waals surface area contributed by atoms with E-state index in [1.165, 1.54) is 0 Å². The number of nitro groups is 1. The van der Waals surface area contributed by atoms with Crippen LogP contribution in [0.5, 0.6) is 0 Å². The second-order valence-electron chi connectivity index (χ2n) is 6.18. The summed E-state index contributed by atoms with van der Waals surface area (Å²) in [7, 11) is 0. The van der Waals surface area contributed by atoms with Crippen LogP contribution in [0.2, 0.25) is 0 Å². The van der Waals surface area contributed by atoms with Gasteiger partial charge in [-0.05, 0) is 18.4 Å². The number of rotatable bonds is 2. The molecule has 2 fully saturated rings. The number of benzene rings is 1. The first-order valence-corrected chi connectivity index (χ1v) is 7.67. The minimum Gasteiger partial charge on any atom is -0.368 e. The van der Waals surface area contributed by atoms with Crippen molar-refractivity contribution in [2.45, 2.75) is 62.4 Å². The van der Waals surface area contributed by atoms with Gasteiger partial charge in [-0.3, -0.25) is 10.1 Å². The van der Waals surface area contributed by atoms with Gasteiger partial charge in [-0.1, -0.05) is 49.6 Å². The zero-order valence-electron chi connectivity index (χ0n) is 12.0. The lowest BCUT2D eigenvalue weighted by Crippen LogP contribution is -2.58. The summed E-state index contributed by atoms with van der Waals surface area (Å²) in [4.78, 5) is 11.6. The van der Waals surface area contributed by atoms with E-state index in [-0.39, 0.29) is 17.3 Å². The molecule has 0 amide bonds. The molecule has 1 aliphatic heterocycles. The molecule has 1 aromatic carbocycles. The number of aliphatic hydroxyl groups excluding tert-OH is 1. The maximum absolute atomic E-state index is 11.8. The molecule has 1 saturated heterocycles. The molecule has 1 unspecified atom stereocenters. The molecule has 5 heteroatoms. The first-order chi connectivity index (χ1) is 10.1. The van der Waals surface area contributed by atoms with E-state index in [1.54, 1.807) is 0 Å². The molecule has 1 saturated carbocycles. The Hall–Kier alpha value is -1.46. The van der Waals surface area contributed by atoms with Gasteiger partial charge in [0.05, 0.1) is 5.92 Å². The predicted octanol–water partition coefficient (Wildman–Crippen LogP) is 2.86. The van der Waals surface area contributed by atoms with Crippen molar-refractivity contribution in [2.24, 2.45) is 0 Å². The van der Waals surface area contributed by atoms with Crippen molar-refractivity contribution in [2.75, 3.05) is 0 Å². The fourth-order valence-corrected chi connectivity index (χ4v) is 4.02. The molecule has 1 aliphatic carbocycles. The average Bonchev–Trinajstić information content (AvgIpc) is 2.47. The second kappa shape index (κ2) is 5.73. The maximum Gasteiger partial charge on any atom is 0.248 e. The summed E-state index contributed by atoms with van der Waals surface area (Å²) in [6, 6.07) is 8.73. The van der Waals surface area contributed by atoms with Crippen molar-refractivity contribution in [3.8, 4) is 0 Å². The van der Waals surface area contributed by atoms with Crippen LogP contribution in [0, 0.1) is 10.1 Å². The van der Waals surface area contributed by atoms with Gasteiger partial charge in [-0.2, -0.15) is 0 Å². The molecule has 1 spiro atoms. The first kappa shape index (κ1) is 14.5. The van der Waals surface area contributed by atoms with E-state index in [2.05, 4.69) is 0 Å². The summed E-state index contributed by atoms with van der Waals surface area (Å²) in [5.41, 5.74) is 0.117. The molecule has 1 aromatic rings. The normalized spacial score (nSPS) is 32.0. The van der Waals surface area contributed by atoms with Crippen molar-refractivity contribution in [3.63, 3.8) is 0 Å². The Balaban J connectivity index is 1.99. The zero-order valence-corrected chi connectivity index (χ0v) is 12.0. The van der Waals surface area contributed by atoms with Crippen LogP contribution in [0.1, 0.15) is 50.0 Å². The fraction of sp³-hybridized carbons (Fsp3) is 0.625. The Kier molecular flexibility index (Phi) is 3.95. The molecule has 0 bridgehead atoms. The topological polar surface area (TPSA) is 72.6 Å². The average molecular weight is 291 g/mol. The number of nitrogens with zero attached hydrogens (tertiary/aromatic N) is 1. The summed E-state index contributed by atoms with van der Waals surface area (Å²) in [5, 5.41) is 21.9. The lowest BCUT2D eigenvalue weighted by Gasteiger charge is -2.46. The van der Waals surface area contributed by atoms with Crippen molar-refractivity contribution in [1.29, 1.82) is 0 Å². The van der Waals surface area contributed by atoms with E-state index >= 15 is 0 Å². The molecule has 1 N–H and O–H groups in total. The van der Waals surface area contributed by atoms with Crippen LogP contribution in [0.15, 0.2) is 30.3 Å². The smallest absolute Gasteiger partial charge is 0.248 e. The maximum atomic E-state index is 11.8. The summed E-state index contributed by atoms with van der Waals surface area (Å²) in [6.07, 6.45) is 3.65. The molecule has 21 heavy (non-hydrogen) atoms. The number of hydrogen-bond donors (Lipinski definition) is 1. The molecule has 3 rings (SSSR count). The van der Waals surface area contributed by atoms with Gasteiger partial charge in [0.25, 0.3) is 0 Å². The Bertz CT molecular complexity index is 498. The lowest BCUT2D eigenvalue weighted by atomic mass is 9.70. The third kappa shape index (κ3) is 2.68. The molecule has 2 aliphatic rings. The highest BCUT2D eigenvalue weighted by Crippen LogP contribution is 2.47. The highest BCUT2D eigenvalue weighted by Gasteiger charge is 2.57. The largest absolute Gasteiger partial charge is 0.368 e. The predicted molar refractivity (Wildman–Crippen MR) is 77.5 cm³/mol. The second-order valence-corrected chi connectivity index (χ2v) is 6.18. The Morgan fingerprint density at radius 1 is 1.19 bits per heavy atom. The van der Waals surface area contributed by atoms with E-state index in [9.17, 15) is 15.2 Å². The van der Waals surface area contributed by atoms with Crippen molar-refractivity contribution < 1.29 is 14.8 Å². The third-order valence-electron chi connectivity index (χ3n) is 4.90. The van der Waals surface area contributed by atoms with Gasteiger partial charge < -0.3 is 9.84 Å². The molecule has 114 valence electrons. The van der Waals surface area contributed by atoms with E-state index in [4.69, 9.17) is 4.74 Å². The molecule has 0 aromatic heterocycles. The van der Waals surface area contributed by atoms with E-state index < -0.39 is 17.9 Å².